The lowest BCUT2D eigenvalue weighted by Crippen LogP contribution is -2.44. The Morgan fingerprint density at radius 3 is 2.52 bits per heavy atom. The van der Waals surface area contributed by atoms with Gasteiger partial charge in [0.05, 0.1) is 20.3 Å². The van der Waals surface area contributed by atoms with Gasteiger partial charge in [0.15, 0.2) is 5.11 Å². The van der Waals surface area contributed by atoms with Gasteiger partial charge in [-0.25, -0.2) is 0 Å². The van der Waals surface area contributed by atoms with Crippen molar-refractivity contribution in [3.05, 3.63) is 59.2 Å². The van der Waals surface area contributed by atoms with Crippen molar-refractivity contribution in [2.75, 3.05) is 51.8 Å². The van der Waals surface area contributed by atoms with Gasteiger partial charge in [-0.05, 0) is 53.9 Å². The van der Waals surface area contributed by atoms with E-state index in [0.717, 1.165) is 62.5 Å². The van der Waals surface area contributed by atoms with E-state index >= 15 is 0 Å². The van der Waals surface area contributed by atoms with Crippen molar-refractivity contribution >= 4 is 23.0 Å². The molecule has 0 atom stereocenters. The first kappa shape index (κ1) is 23.5. The van der Waals surface area contributed by atoms with Crippen LogP contribution in [0.2, 0.25) is 0 Å². The summed E-state index contributed by atoms with van der Waals surface area (Å²) in [6.07, 6.45) is 0. The van der Waals surface area contributed by atoms with Crippen LogP contribution in [0.25, 0.3) is 0 Å². The van der Waals surface area contributed by atoms with Gasteiger partial charge in [-0.15, -0.1) is 0 Å². The van der Waals surface area contributed by atoms with E-state index in [2.05, 4.69) is 66.2 Å². The molecule has 6 heteroatoms. The maximum atomic E-state index is 5.92. The Bertz CT molecular complexity index is 848. The first-order chi connectivity index (χ1) is 15.0. The molecular formula is C25H35N3O2S. The lowest BCUT2D eigenvalue weighted by molar-refractivity contribution is 0.0358. The Morgan fingerprint density at radius 2 is 1.87 bits per heavy atom. The van der Waals surface area contributed by atoms with Crippen molar-refractivity contribution in [2.24, 2.45) is 0 Å². The fourth-order valence-electron chi connectivity index (χ4n) is 3.82. The predicted octanol–water partition coefficient (Wildman–Crippen LogP) is 4.66. The number of anilines is 1. The molecular weight excluding hydrogens is 406 g/mol. The van der Waals surface area contributed by atoms with Gasteiger partial charge in [0.25, 0.3) is 0 Å². The van der Waals surface area contributed by atoms with Gasteiger partial charge in [0.2, 0.25) is 0 Å². The maximum absolute atomic E-state index is 5.92. The van der Waals surface area contributed by atoms with Crippen molar-refractivity contribution < 1.29 is 9.47 Å². The second-order valence-corrected chi connectivity index (χ2v) is 8.73. The van der Waals surface area contributed by atoms with Crippen LogP contribution in [0.5, 0.6) is 5.75 Å². The molecule has 2 aromatic carbocycles. The van der Waals surface area contributed by atoms with Gasteiger partial charge in [0.1, 0.15) is 5.75 Å². The SMILES string of the molecule is COc1ccc(CN(CCN2CCOCC2)C(=S)Nc2c(C)cccc2C(C)C)cc1. The summed E-state index contributed by atoms with van der Waals surface area (Å²) in [5, 5.41) is 4.34. The van der Waals surface area contributed by atoms with E-state index < -0.39 is 0 Å². The summed E-state index contributed by atoms with van der Waals surface area (Å²) in [4.78, 5) is 4.71. The fraction of sp³-hybridized carbons (Fsp3) is 0.480. The van der Waals surface area contributed by atoms with Gasteiger partial charge in [-0.2, -0.15) is 0 Å². The average Bonchev–Trinajstić information content (AvgIpc) is 2.78. The molecule has 1 aliphatic rings. The third-order valence-corrected chi connectivity index (χ3v) is 6.13. The lowest BCUT2D eigenvalue weighted by Gasteiger charge is -2.32. The van der Waals surface area contributed by atoms with E-state index in [1.807, 2.05) is 12.1 Å². The van der Waals surface area contributed by atoms with Gasteiger partial charge in [0, 0.05) is 38.4 Å². The summed E-state index contributed by atoms with van der Waals surface area (Å²) in [5.41, 5.74) is 4.85. The third-order valence-electron chi connectivity index (χ3n) is 5.77. The first-order valence-electron chi connectivity index (χ1n) is 11.1. The van der Waals surface area contributed by atoms with Crippen LogP contribution in [-0.2, 0) is 11.3 Å². The topological polar surface area (TPSA) is 37.0 Å². The minimum absolute atomic E-state index is 0.425. The highest BCUT2D eigenvalue weighted by Crippen LogP contribution is 2.28. The Labute approximate surface area is 192 Å². The quantitative estimate of drug-likeness (QED) is 0.601. The molecule has 5 nitrogen and oxygen atoms in total. The lowest BCUT2D eigenvalue weighted by atomic mass is 9.98. The van der Waals surface area contributed by atoms with Crippen LogP contribution in [0, 0.1) is 6.92 Å². The van der Waals surface area contributed by atoms with Crippen molar-refractivity contribution in [2.45, 2.75) is 33.2 Å². The van der Waals surface area contributed by atoms with Crippen LogP contribution in [0.15, 0.2) is 42.5 Å². The zero-order valence-electron chi connectivity index (χ0n) is 19.2. The number of morpholine rings is 1. The number of nitrogens with one attached hydrogen (secondary N) is 1. The fourth-order valence-corrected chi connectivity index (χ4v) is 4.08. The number of aryl methyl sites for hydroxylation is 1. The zero-order valence-corrected chi connectivity index (χ0v) is 20.0. The van der Waals surface area contributed by atoms with E-state index in [1.165, 1.54) is 16.7 Å². The number of hydrogen-bond acceptors (Lipinski definition) is 4. The molecule has 1 heterocycles. The van der Waals surface area contributed by atoms with Crippen molar-refractivity contribution in [3.8, 4) is 5.75 Å². The molecule has 0 amide bonds. The summed E-state index contributed by atoms with van der Waals surface area (Å²) < 4.78 is 10.8. The summed E-state index contributed by atoms with van der Waals surface area (Å²) >= 11 is 5.92. The summed E-state index contributed by atoms with van der Waals surface area (Å²) in [6.45, 7) is 12.7. The maximum Gasteiger partial charge on any atom is 0.173 e. The van der Waals surface area contributed by atoms with Crippen LogP contribution >= 0.6 is 12.2 Å². The average molecular weight is 442 g/mol. The molecule has 0 saturated carbocycles. The zero-order chi connectivity index (χ0) is 22.2. The molecule has 1 saturated heterocycles. The minimum Gasteiger partial charge on any atom is -0.497 e. The Morgan fingerprint density at radius 1 is 1.16 bits per heavy atom. The Hall–Kier alpha value is -2.15. The van der Waals surface area contributed by atoms with Gasteiger partial charge in [-0.3, -0.25) is 4.90 Å². The second-order valence-electron chi connectivity index (χ2n) is 8.35. The van der Waals surface area contributed by atoms with Gasteiger partial charge >= 0.3 is 0 Å². The van der Waals surface area contributed by atoms with E-state index in [9.17, 15) is 0 Å². The molecule has 1 N–H and O–H groups in total. The third kappa shape index (κ3) is 6.66. The molecule has 3 rings (SSSR count). The first-order valence-corrected chi connectivity index (χ1v) is 11.5. The van der Waals surface area contributed by atoms with Crippen LogP contribution < -0.4 is 10.1 Å². The number of thiocarbonyl (C=S) groups is 1. The van der Waals surface area contributed by atoms with Crippen molar-refractivity contribution in [1.82, 2.24) is 9.80 Å². The molecule has 2 aromatic rings. The second kappa shape index (κ2) is 11.5. The predicted molar refractivity (Wildman–Crippen MR) is 132 cm³/mol. The highest BCUT2D eigenvalue weighted by atomic mass is 32.1. The number of benzene rings is 2. The number of rotatable bonds is 8. The van der Waals surface area contributed by atoms with Crippen LogP contribution in [0.4, 0.5) is 5.69 Å². The summed E-state index contributed by atoms with van der Waals surface area (Å²) in [6, 6.07) is 14.7. The molecule has 1 aliphatic heterocycles. The highest BCUT2D eigenvalue weighted by Gasteiger charge is 2.17. The molecule has 0 spiro atoms. The summed E-state index contributed by atoms with van der Waals surface area (Å²) in [5.74, 6) is 1.29. The number of methoxy groups -OCH3 is 1. The van der Waals surface area contributed by atoms with Crippen LogP contribution in [0.1, 0.15) is 36.5 Å². The molecule has 0 aliphatic carbocycles. The number of para-hydroxylation sites is 1. The smallest absolute Gasteiger partial charge is 0.173 e. The van der Waals surface area contributed by atoms with Gasteiger partial charge < -0.3 is 19.7 Å². The van der Waals surface area contributed by atoms with E-state index in [4.69, 9.17) is 21.7 Å². The number of hydrogen-bond donors (Lipinski definition) is 1. The van der Waals surface area contributed by atoms with Crippen molar-refractivity contribution in [3.63, 3.8) is 0 Å². The molecule has 0 bridgehead atoms. The standard InChI is InChI=1S/C25H35N3O2S/c1-19(2)23-7-5-6-20(3)24(23)26-25(31)28(13-12-27-14-16-30-17-15-27)18-21-8-10-22(29-4)11-9-21/h5-11,19H,12-18H2,1-4H3,(H,26,31). The van der Waals surface area contributed by atoms with Crippen LogP contribution in [0.3, 0.4) is 0 Å². The van der Waals surface area contributed by atoms with Gasteiger partial charge in [-0.1, -0.05) is 44.2 Å². The van der Waals surface area contributed by atoms with E-state index in [-0.39, 0.29) is 0 Å². The molecule has 0 radical (unpaired) electrons. The normalized spacial score (nSPS) is 14.5. The molecule has 31 heavy (non-hydrogen) atoms. The monoisotopic (exact) mass is 441 g/mol. The Balaban J connectivity index is 1.76. The largest absolute Gasteiger partial charge is 0.497 e. The van der Waals surface area contributed by atoms with Crippen LogP contribution in [-0.4, -0.2) is 61.4 Å². The van der Waals surface area contributed by atoms with Crippen molar-refractivity contribution in [1.29, 1.82) is 0 Å². The number of nitrogens with zero attached hydrogens (tertiary/aromatic N) is 2. The van der Waals surface area contributed by atoms with E-state index in [0.29, 0.717) is 5.92 Å². The molecule has 0 aromatic heterocycles. The van der Waals surface area contributed by atoms with E-state index in [1.54, 1.807) is 7.11 Å². The summed E-state index contributed by atoms with van der Waals surface area (Å²) in [7, 11) is 1.69. The molecule has 168 valence electrons. The number of ether oxygens (including phenoxy) is 2. The Kier molecular flexibility index (Phi) is 8.69. The molecule has 0 unspecified atom stereocenters. The minimum atomic E-state index is 0.425. The highest BCUT2D eigenvalue weighted by molar-refractivity contribution is 7.80. The molecule has 1 fully saturated rings.